The van der Waals surface area contributed by atoms with Crippen LogP contribution in [0.4, 0.5) is 5.69 Å². The third-order valence-electron chi connectivity index (χ3n) is 6.37. The first-order valence-electron chi connectivity index (χ1n) is 12.5. The SMILES string of the molecule is CCn1cc(-c2ccc(Cl)cc2Cl)nc1C=Cc1ccc(-c2ccc(Oc3ccc(C(=O)O)c(N)c3)cc2)cc1. The van der Waals surface area contributed by atoms with E-state index in [-0.39, 0.29) is 11.3 Å². The molecule has 5 aromatic rings. The molecule has 1 heterocycles. The lowest BCUT2D eigenvalue weighted by Gasteiger charge is -2.09. The monoisotopic (exact) mass is 569 g/mol. The Morgan fingerprint density at radius 3 is 2.23 bits per heavy atom. The number of aromatic carboxylic acids is 1. The average molecular weight is 570 g/mol. The second-order valence-corrected chi connectivity index (χ2v) is 9.87. The Balaban J connectivity index is 1.27. The highest BCUT2D eigenvalue weighted by atomic mass is 35.5. The van der Waals surface area contributed by atoms with Crippen molar-refractivity contribution in [3.8, 4) is 33.9 Å². The van der Waals surface area contributed by atoms with Gasteiger partial charge >= 0.3 is 5.97 Å². The van der Waals surface area contributed by atoms with Crippen molar-refractivity contribution in [3.05, 3.63) is 118 Å². The third kappa shape index (κ3) is 6.04. The molecule has 0 radical (unpaired) electrons. The van der Waals surface area contributed by atoms with E-state index in [4.69, 9.17) is 43.8 Å². The predicted octanol–water partition coefficient (Wildman–Crippen LogP) is 8.79. The fraction of sp³-hybridized carbons (Fsp3) is 0.0625. The van der Waals surface area contributed by atoms with E-state index in [9.17, 15) is 4.79 Å². The summed E-state index contributed by atoms with van der Waals surface area (Å²) in [6.45, 7) is 2.85. The molecule has 0 aliphatic heterocycles. The molecule has 0 unspecified atom stereocenters. The predicted molar refractivity (Wildman–Crippen MR) is 162 cm³/mol. The molecule has 0 bridgehead atoms. The zero-order valence-corrected chi connectivity index (χ0v) is 23.0. The summed E-state index contributed by atoms with van der Waals surface area (Å²) < 4.78 is 7.91. The van der Waals surface area contributed by atoms with E-state index < -0.39 is 5.97 Å². The number of rotatable bonds is 8. The zero-order valence-electron chi connectivity index (χ0n) is 21.5. The Kier molecular flexibility index (Phi) is 7.91. The van der Waals surface area contributed by atoms with Crippen LogP contribution in [-0.4, -0.2) is 20.6 Å². The van der Waals surface area contributed by atoms with E-state index in [1.54, 1.807) is 12.1 Å². The molecule has 4 aromatic carbocycles. The fourth-order valence-electron chi connectivity index (χ4n) is 4.25. The van der Waals surface area contributed by atoms with Crippen molar-refractivity contribution in [1.82, 2.24) is 9.55 Å². The number of nitrogens with two attached hydrogens (primary N) is 1. The number of benzene rings is 4. The van der Waals surface area contributed by atoms with Crippen molar-refractivity contribution >= 4 is 47.0 Å². The van der Waals surface area contributed by atoms with Gasteiger partial charge in [0.1, 0.15) is 17.3 Å². The summed E-state index contributed by atoms with van der Waals surface area (Å²) in [5.74, 6) is 0.855. The zero-order chi connectivity index (χ0) is 28.2. The summed E-state index contributed by atoms with van der Waals surface area (Å²) in [5.41, 5.74) is 10.8. The van der Waals surface area contributed by atoms with Crippen LogP contribution < -0.4 is 10.5 Å². The van der Waals surface area contributed by atoms with Crippen LogP contribution >= 0.6 is 23.2 Å². The molecule has 5 rings (SSSR count). The van der Waals surface area contributed by atoms with Gasteiger partial charge in [0.05, 0.1) is 16.3 Å². The lowest BCUT2D eigenvalue weighted by Crippen LogP contribution is -2.02. The molecular formula is C32H25Cl2N3O3. The summed E-state index contributed by atoms with van der Waals surface area (Å²) in [6, 6.07) is 25.8. The molecule has 0 saturated heterocycles. The number of hydrogen-bond acceptors (Lipinski definition) is 4. The Bertz CT molecular complexity index is 1710. The van der Waals surface area contributed by atoms with Crippen molar-refractivity contribution in [3.63, 3.8) is 0 Å². The van der Waals surface area contributed by atoms with Crippen LogP contribution in [0.25, 0.3) is 34.5 Å². The molecular weight excluding hydrogens is 545 g/mol. The standard InChI is InChI=1S/C32H25Cl2N3O3/c1-2-37-19-30(26-14-10-23(33)17-28(26)34)36-31(37)16-5-20-3-6-21(7-4-20)22-8-11-24(12-9-22)40-25-13-15-27(32(38)39)29(35)18-25/h3-19H,2,35H2,1H3,(H,38,39). The quantitative estimate of drug-likeness (QED) is 0.182. The number of imidazole rings is 1. The highest BCUT2D eigenvalue weighted by Crippen LogP contribution is 2.31. The molecule has 0 fully saturated rings. The largest absolute Gasteiger partial charge is 0.478 e. The summed E-state index contributed by atoms with van der Waals surface area (Å²) in [5, 5.41) is 10.3. The minimum absolute atomic E-state index is 0.0455. The first kappa shape index (κ1) is 27.1. The highest BCUT2D eigenvalue weighted by Gasteiger charge is 2.11. The van der Waals surface area contributed by atoms with Crippen molar-refractivity contribution in [1.29, 1.82) is 0 Å². The lowest BCUT2D eigenvalue weighted by atomic mass is 10.0. The van der Waals surface area contributed by atoms with Crippen LogP contribution in [0, 0.1) is 0 Å². The van der Waals surface area contributed by atoms with Gasteiger partial charge in [-0.2, -0.15) is 0 Å². The Morgan fingerprint density at radius 1 is 0.925 bits per heavy atom. The highest BCUT2D eigenvalue weighted by molar-refractivity contribution is 6.36. The van der Waals surface area contributed by atoms with Crippen molar-refractivity contribution in [2.45, 2.75) is 13.5 Å². The molecule has 6 nitrogen and oxygen atoms in total. The minimum atomic E-state index is -1.07. The molecule has 8 heteroatoms. The van der Waals surface area contributed by atoms with Crippen LogP contribution in [-0.2, 0) is 6.54 Å². The molecule has 1 aromatic heterocycles. The number of nitrogens with zero attached hydrogens (tertiary/aromatic N) is 2. The maximum Gasteiger partial charge on any atom is 0.337 e. The molecule has 200 valence electrons. The van der Waals surface area contributed by atoms with Gasteiger partial charge in [0.15, 0.2) is 0 Å². The minimum Gasteiger partial charge on any atom is -0.478 e. The molecule has 40 heavy (non-hydrogen) atoms. The number of aryl methyl sites for hydroxylation is 1. The topological polar surface area (TPSA) is 90.4 Å². The van der Waals surface area contributed by atoms with Crippen LogP contribution in [0.15, 0.2) is 91.1 Å². The van der Waals surface area contributed by atoms with Gasteiger partial charge in [-0.3, -0.25) is 0 Å². The van der Waals surface area contributed by atoms with Crippen molar-refractivity contribution in [2.24, 2.45) is 0 Å². The van der Waals surface area contributed by atoms with E-state index in [0.29, 0.717) is 21.5 Å². The summed E-state index contributed by atoms with van der Waals surface area (Å²) in [4.78, 5) is 15.9. The number of halogens is 2. The van der Waals surface area contributed by atoms with Gasteiger partial charge in [0.25, 0.3) is 0 Å². The first-order chi connectivity index (χ1) is 19.3. The van der Waals surface area contributed by atoms with Gasteiger partial charge < -0.3 is 20.1 Å². The smallest absolute Gasteiger partial charge is 0.337 e. The van der Waals surface area contributed by atoms with Crippen LogP contribution in [0.2, 0.25) is 10.0 Å². The normalized spacial score (nSPS) is 11.2. The van der Waals surface area contributed by atoms with Gasteiger partial charge in [0, 0.05) is 35.1 Å². The maximum atomic E-state index is 11.1. The van der Waals surface area contributed by atoms with Crippen LogP contribution in [0.1, 0.15) is 28.7 Å². The number of carboxylic acids is 1. The second kappa shape index (κ2) is 11.7. The van der Waals surface area contributed by atoms with Crippen molar-refractivity contribution < 1.29 is 14.6 Å². The van der Waals surface area contributed by atoms with Crippen LogP contribution in [0.3, 0.4) is 0 Å². The fourth-order valence-corrected chi connectivity index (χ4v) is 4.76. The molecule has 0 aliphatic rings. The van der Waals surface area contributed by atoms with Gasteiger partial charge in [0.2, 0.25) is 0 Å². The van der Waals surface area contributed by atoms with E-state index in [2.05, 4.69) is 35.8 Å². The number of ether oxygens (including phenoxy) is 1. The molecule has 0 amide bonds. The second-order valence-electron chi connectivity index (χ2n) is 9.03. The lowest BCUT2D eigenvalue weighted by molar-refractivity contribution is 0.0698. The first-order valence-corrected chi connectivity index (χ1v) is 13.3. The van der Waals surface area contributed by atoms with Crippen molar-refractivity contribution in [2.75, 3.05) is 5.73 Å². The maximum absolute atomic E-state index is 11.1. The Hall–Kier alpha value is -4.52. The number of carboxylic acid groups (broad SMARTS) is 1. The van der Waals surface area contributed by atoms with E-state index in [1.807, 2.05) is 54.7 Å². The number of carbonyl (C=O) groups is 1. The summed E-state index contributed by atoms with van der Waals surface area (Å²) >= 11 is 12.4. The average Bonchev–Trinajstić information content (AvgIpc) is 3.35. The summed E-state index contributed by atoms with van der Waals surface area (Å²) in [7, 11) is 0. The van der Waals surface area contributed by atoms with E-state index in [1.165, 1.54) is 12.1 Å². The molecule has 0 saturated carbocycles. The van der Waals surface area contributed by atoms with E-state index in [0.717, 1.165) is 40.3 Å². The third-order valence-corrected chi connectivity index (χ3v) is 6.92. The Labute approximate surface area is 241 Å². The number of hydrogen-bond donors (Lipinski definition) is 2. The van der Waals surface area contributed by atoms with Gasteiger partial charge in [-0.15, -0.1) is 0 Å². The number of aromatic nitrogens is 2. The molecule has 3 N–H and O–H groups in total. The Morgan fingerprint density at radius 2 is 1.60 bits per heavy atom. The number of anilines is 1. The molecule has 0 spiro atoms. The summed E-state index contributed by atoms with van der Waals surface area (Å²) in [6.07, 6.45) is 6.02. The molecule has 0 atom stereocenters. The van der Waals surface area contributed by atoms with Gasteiger partial charge in [-0.05, 0) is 72.2 Å². The number of nitrogen functional groups attached to an aromatic ring is 1. The van der Waals surface area contributed by atoms with Gasteiger partial charge in [-0.25, -0.2) is 9.78 Å². The van der Waals surface area contributed by atoms with Crippen LogP contribution in [0.5, 0.6) is 11.5 Å². The van der Waals surface area contributed by atoms with E-state index >= 15 is 0 Å². The molecule has 0 aliphatic carbocycles. The van der Waals surface area contributed by atoms with Gasteiger partial charge in [-0.1, -0.05) is 65.7 Å².